The van der Waals surface area contributed by atoms with Gasteiger partial charge in [0, 0.05) is 24.4 Å². The van der Waals surface area contributed by atoms with E-state index in [4.69, 9.17) is 4.74 Å². The van der Waals surface area contributed by atoms with Gasteiger partial charge in [0.15, 0.2) is 5.17 Å². The van der Waals surface area contributed by atoms with E-state index in [0.717, 1.165) is 31.5 Å². The summed E-state index contributed by atoms with van der Waals surface area (Å²) in [5, 5.41) is 2.51. The van der Waals surface area contributed by atoms with Gasteiger partial charge < -0.3 is 14.5 Å². The number of nitrogens with zero attached hydrogens (tertiary/aromatic N) is 3. The summed E-state index contributed by atoms with van der Waals surface area (Å²) in [6.07, 6.45) is 2.18. The lowest BCUT2D eigenvalue weighted by Crippen LogP contribution is -2.38. The van der Waals surface area contributed by atoms with Crippen molar-refractivity contribution >= 4 is 28.8 Å². The summed E-state index contributed by atoms with van der Waals surface area (Å²) in [5.41, 5.74) is 2.66. The average molecular weight is 492 g/mol. The van der Waals surface area contributed by atoms with E-state index in [1.165, 1.54) is 17.8 Å². The number of halogens is 1. The van der Waals surface area contributed by atoms with Crippen LogP contribution < -0.4 is 0 Å². The Kier molecular flexibility index (Phi) is 6.72. The summed E-state index contributed by atoms with van der Waals surface area (Å²) < 4.78 is 20.8. The van der Waals surface area contributed by atoms with Gasteiger partial charge in [-0.05, 0) is 36.8 Å². The van der Waals surface area contributed by atoms with Crippen molar-refractivity contribution in [2.45, 2.75) is 38.8 Å². The molecule has 0 spiro atoms. The van der Waals surface area contributed by atoms with Crippen LogP contribution in [0, 0.1) is 5.82 Å². The van der Waals surface area contributed by atoms with Gasteiger partial charge in [0.25, 0.3) is 0 Å². The van der Waals surface area contributed by atoms with Crippen molar-refractivity contribution < 1.29 is 18.7 Å². The minimum Gasteiger partial charge on any atom is -0.457 e. The van der Waals surface area contributed by atoms with Crippen LogP contribution in [0.2, 0.25) is 0 Å². The Morgan fingerprint density at radius 1 is 1.09 bits per heavy atom. The van der Waals surface area contributed by atoms with E-state index in [1.807, 2.05) is 45.5 Å². The van der Waals surface area contributed by atoms with Crippen LogP contribution in [0.4, 0.5) is 4.39 Å². The van der Waals surface area contributed by atoms with Gasteiger partial charge in [0.1, 0.15) is 12.4 Å². The van der Waals surface area contributed by atoms with Crippen LogP contribution in [-0.2, 0) is 20.9 Å². The minimum absolute atomic E-state index is 0.0300. The Balaban J connectivity index is 1.48. The second-order valence-electron chi connectivity index (χ2n) is 8.74. The van der Waals surface area contributed by atoms with Crippen molar-refractivity contribution in [2.75, 3.05) is 13.1 Å². The number of hydrogen-bond acceptors (Lipinski definition) is 6. The summed E-state index contributed by atoms with van der Waals surface area (Å²) >= 11 is 1.39. The zero-order chi connectivity index (χ0) is 24.4. The standard InChI is InChI=1S/C27H26FN3O3S/c1-18-24(26(33)34-16-19-9-3-2-4-10-19)25(21-11-5-6-12-22(21)28)31-20(17-35-27(31)29-18)15-23(32)30-13-7-8-14-30/h2-6,9-12,17,25H,7-8,13-16H2,1H3/t25-/m1/s1. The van der Waals surface area contributed by atoms with E-state index in [1.54, 1.807) is 25.1 Å². The lowest BCUT2D eigenvalue weighted by atomic mass is 9.93. The molecule has 0 unspecified atom stereocenters. The molecule has 2 aromatic carbocycles. The van der Waals surface area contributed by atoms with Crippen molar-refractivity contribution in [3.8, 4) is 0 Å². The van der Waals surface area contributed by atoms with Crippen molar-refractivity contribution in [1.82, 2.24) is 9.80 Å². The summed E-state index contributed by atoms with van der Waals surface area (Å²) in [7, 11) is 0. The van der Waals surface area contributed by atoms with Gasteiger partial charge in [-0.15, -0.1) is 0 Å². The van der Waals surface area contributed by atoms with Crippen molar-refractivity contribution in [2.24, 2.45) is 4.99 Å². The molecular weight excluding hydrogens is 465 g/mol. The molecule has 8 heteroatoms. The molecule has 3 heterocycles. The summed E-state index contributed by atoms with van der Waals surface area (Å²) in [6.45, 7) is 3.35. The highest BCUT2D eigenvalue weighted by Gasteiger charge is 2.42. The molecule has 3 aliphatic rings. The number of thioether (sulfide) groups is 1. The molecule has 1 atom stereocenters. The molecule has 35 heavy (non-hydrogen) atoms. The molecule has 0 saturated carbocycles. The van der Waals surface area contributed by atoms with Gasteiger partial charge in [0.05, 0.1) is 23.7 Å². The predicted octanol–water partition coefficient (Wildman–Crippen LogP) is 5.16. The Morgan fingerprint density at radius 2 is 1.80 bits per heavy atom. The highest BCUT2D eigenvalue weighted by Crippen LogP contribution is 2.45. The second-order valence-corrected chi connectivity index (χ2v) is 9.58. The van der Waals surface area contributed by atoms with E-state index in [0.29, 0.717) is 22.1 Å². The number of likely N-dealkylation sites (tertiary alicyclic amines) is 1. The summed E-state index contributed by atoms with van der Waals surface area (Å²) in [4.78, 5) is 34.7. The smallest absolute Gasteiger partial charge is 0.338 e. The molecule has 5 rings (SSSR count). The van der Waals surface area contributed by atoms with Gasteiger partial charge in [0.2, 0.25) is 5.91 Å². The van der Waals surface area contributed by atoms with Gasteiger partial charge >= 0.3 is 5.97 Å². The lowest BCUT2D eigenvalue weighted by Gasteiger charge is -2.36. The number of amidine groups is 1. The third kappa shape index (κ3) is 4.75. The van der Waals surface area contributed by atoms with Crippen molar-refractivity contribution in [3.05, 3.63) is 93.9 Å². The number of benzene rings is 2. The summed E-state index contributed by atoms with van der Waals surface area (Å²) in [5.74, 6) is -0.950. The Hall–Kier alpha value is -3.39. The highest BCUT2D eigenvalue weighted by atomic mass is 32.2. The van der Waals surface area contributed by atoms with E-state index >= 15 is 4.39 Å². The Morgan fingerprint density at radius 3 is 2.54 bits per heavy atom. The topological polar surface area (TPSA) is 62.2 Å². The molecule has 0 bridgehead atoms. The van der Waals surface area contributed by atoms with Crippen molar-refractivity contribution in [1.29, 1.82) is 0 Å². The first kappa shape index (κ1) is 23.4. The molecule has 6 nitrogen and oxygen atoms in total. The van der Waals surface area contributed by atoms with Gasteiger partial charge in [-0.2, -0.15) is 0 Å². The maximum Gasteiger partial charge on any atom is 0.338 e. The maximum absolute atomic E-state index is 15.1. The van der Waals surface area contributed by atoms with E-state index in [9.17, 15) is 9.59 Å². The predicted molar refractivity (Wildman–Crippen MR) is 133 cm³/mol. The number of amides is 1. The van der Waals surface area contributed by atoms with Crippen LogP contribution in [0.3, 0.4) is 0 Å². The second kappa shape index (κ2) is 10.1. The normalized spacial score (nSPS) is 19.4. The average Bonchev–Trinajstić information content (AvgIpc) is 3.54. The van der Waals surface area contributed by atoms with E-state index < -0.39 is 17.8 Å². The number of allylic oxidation sites excluding steroid dienone is 1. The molecule has 0 radical (unpaired) electrons. The molecule has 180 valence electrons. The Bertz CT molecular complexity index is 1240. The minimum atomic E-state index is -0.778. The van der Waals surface area contributed by atoms with Crippen LogP contribution in [0.5, 0.6) is 0 Å². The van der Waals surface area contributed by atoms with E-state index in [2.05, 4.69) is 4.99 Å². The van der Waals surface area contributed by atoms with Crippen LogP contribution in [0.1, 0.15) is 43.4 Å². The lowest BCUT2D eigenvalue weighted by molar-refractivity contribution is -0.141. The Labute approximate surface area is 208 Å². The van der Waals surface area contributed by atoms with Gasteiger partial charge in [-0.1, -0.05) is 60.3 Å². The number of aliphatic imine (C=N–C) groups is 1. The number of fused-ring (bicyclic) bond motifs is 1. The van der Waals surface area contributed by atoms with Crippen LogP contribution in [0.15, 0.2) is 82.0 Å². The van der Waals surface area contributed by atoms with Gasteiger partial charge in [-0.3, -0.25) is 4.79 Å². The number of rotatable bonds is 6. The maximum atomic E-state index is 15.1. The SMILES string of the molecule is CC1=C(C(=O)OCc2ccccc2)[C@@H](c2ccccc2F)N2C(CC(=O)N3CCCC3)=CSC2=N1. The fourth-order valence-electron chi connectivity index (χ4n) is 4.66. The van der Waals surface area contributed by atoms with Crippen LogP contribution in [-0.4, -0.2) is 39.9 Å². The van der Waals surface area contributed by atoms with Crippen LogP contribution in [0.25, 0.3) is 0 Å². The summed E-state index contributed by atoms with van der Waals surface area (Å²) in [6, 6.07) is 15.0. The van der Waals surface area contributed by atoms with E-state index in [-0.39, 0.29) is 24.5 Å². The molecular formula is C27H26FN3O3S. The zero-order valence-corrected chi connectivity index (χ0v) is 20.3. The van der Waals surface area contributed by atoms with Crippen LogP contribution >= 0.6 is 11.8 Å². The molecule has 0 N–H and O–H groups in total. The number of carbonyl (C=O) groups excluding carboxylic acids is 2. The fourth-order valence-corrected chi connectivity index (χ4v) is 5.62. The first-order valence-electron chi connectivity index (χ1n) is 11.7. The van der Waals surface area contributed by atoms with Crippen molar-refractivity contribution in [3.63, 3.8) is 0 Å². The molecule has 0 aromatic heterocycles. The first-order valence-corrected chi connectivity index (χ1v) is 12.6. The zero-order valence-electron chi connectivity index (χ0n) is 19.4. The monoisotopic (exact) mass is 491 g/mol. The molecule has 1 amide bonds. The number of ether oxygens (including phenoxy) is 1. The van der Waals surface area contributed by atoms with Gasteiger partial charge in [-0.25, -0.2) is 14.2 Å². The molecule has 2 aromatic rings. The number of hydrogen-bond donors (Lipinski definition) is 0. The first-order chi connectivity index (χ1) is 17.0. The number of esters is 1. The molecule has 0 aliphatic carbocycles. The molecule has 3 aliphatic heterocycles. The molecule has 1 saturated heterocycles. The third-order valence-corrected chi connectivity index (χ3v) is 7.31. The fraction of sp³-hybridized carbons (Fsp3) is 0.296. The number of carbonyl (C=O) groups is 2. The molecule has 1 fully saturated rings. The largest absolute Gasteiger partial charge is 0.457 e. The third-order valence-electron chi connectivity index (χ3n) is 6.42. The highest BCUT2D eigenvalue weighted by molar-refractivity contribution is 8.16. The quantitative estimate of drug-likeness (QED) is 0.523.